The zero-order chi connectivity index (χ0) is 10.9. The molecule has 0 spiro atoms. The average Bonchev–Trinajstić information content (AvgIpc) is 2.10. The highest BCUT2D eigenvalue weighted by atomic mass is 19.2. The lowest BCUT2D eigenvalue weighted by Crippen LogP contribution is -2.12. The van der Waals surface area contributed by atoms with Crippen LogP contribution in [0.4, 0.5) is 13.2 Å². The molecule has 0 saturated heterocycles. The second-order valence-corrected chi connectivity index (χ2v) is 2.60. The number of hydrogen-bond acceptors (Lipinski definition) is 2. The predicted molar refractivity (Wildman–Crippen MR) is 44.0 cm³/mol. The summed E-state index contributed by atoms with van der Waals surface area (Å²) in [5, 5.41) is 0. The van der Waals surface area contributed by atoms with E-state index in [1.54, 1.807) is 0 Å². The third-order valence-electron chi connectivity index (χ3n) is 1.55. The van der Waals surface area contributed by atoms with Gasteiger partial charge in [0.2, 0.25) is 5.78 Å². The van der Waals surface area contributed by atoms with Crippen LogP contribution in [0.15, 0.2) is 24.4 Å². The molecule has 0 aliphatic rings. The Morgan fingerprint density at radius 2 is 1.64 bits per heavy atom. The van der Waals surface area contributed by atoms with Gasteiger partial charge in [-0.25, -0.2) is 13.2 Å². The van der Waals surface area contributed by atoms with E-state index in [2.05, 4.69) is 6.58 Å². The zero-order valence-corrected chi connectivity index (χ0v) is 6.98. The van der Waals surface area contributed by atoms with Crippen molar-refractivity contribution in [3.63, 3.8) is 0 Å². The molecule has 0 amide bonds. The molecule has 14 heavy (non-hydrogen) atoms. The standard InChI is InChI=1S/C9H6F3NO/c1-4(13)9(14)5-2-7(11)8(12)3-6(5)10/h2-3H,1,13H2. The summed E-state index contributed by atoms with van der Waals surface area (Å²) in [6, 6.07) is 0.733. The molecule has 5 heteroatoms. The highest BCUT2D eigenvalue weighted by Gasteiger charge is 2.16. The normalized spacial score (nSPS) is 9.93. The first kappa shape index (κ1) is 10.3. The zero-order valence-electron chi connectivity index (χ0n) is 6.98. The van der Waals surface area contributed by atoms with Gasteiger partial charge < -0.3 is 5.73 Å². The molecule has 0 radical (unpaired) electrons. The highest BCUT2D eigenvalue weighted by Crippen LogP contribution is 2.15. The average molecular weight is 201 g/mol. The maximum Gasteiger partial charge on any atom is 0.211 e. The van der Waals surface area contributed by atoms with Crippen LogP contribution in [0, 0.1) is 17.5 Å². The molecule has 0 unspecified atom stereocenters. The summed E-state index contributed by atoms with van der Waals surface area (Å²) in [7, 11) is 0. The van der Waals surface area contributed by atoms with Crippen molar-refractivity contribution in [1.29, 1.82) is 0 Å². The number of carbonyl (C=O) groups excluding carboxylic acids is 1. The second kappa shape index (κ2) is 3.53. The molecule has 1 aromatic carbocycles. The lowest BCUT2D eigenvalue weighted by molar-refractivity contribution is 0.102. The molecule has 1 rings (SSSR count). The van der Waals surface area contributed by atoms with E-state index in [1.807, 2.05) is 0 Å². The van der Waals surface area contributed by atoms with E-state index in [4.69, 9.17) is 5.73 Å². The van der Waals surface area contributed by atoms with E-state index in [0.29, 0.717) is 6.07 Å². The molecule has 1 aromatic rings. The molecular weight excluding hydrogens is 195 g/mol. The fourth-order valence-corrected chi connectivity index (χ4v) is 0.870. The maximum absolute atomic E-state index is 12.9. The molecule has 0 atom stereocenters. The van der Waals surface area contributed by atoms with Gasteiger partial charge in [0, 0.05) is 6.07 Å². The lowest BCUT2D eigenvalue weighted by atomic mass is 10.1. The predicted octanol–water partition coefficient (Wildman–Crippen LogP) is 1.76. The molecule has 0 fully saturated rings. The second-order valence-electron chi connectivity index (χ2n) is 2.60. The van der Waals surface area contributed by atoms with Crippen molar-refractivity contribution in [1.82, 2.24) is 0 Å². The lowest BCUT2D eigenvalue weighted by Gasteiger charge is -2.02. The summed E-state index contributed by atoms with van der Waals surface area (Å²) in [5.74, 6) is -4.79. The van der Waals surface area contributed by atoms with E-state index in [9.17, 15) is 18.0 Å². The quantitative estimate of drug-likeness (QED) is 0.450. The van der Waals surface area contributed by atoms with Crippen LogP contribution in [0.3, 0.4) is 0 Å². The van der Waals surface area contributed by atoms with Crippen molar-refractivity contribution in [2.75, 3.05) is 0 Å². The summed E-state index contributed by atoms with van der Waals surface area (Å²) in [6.07, 6.45) is 0. The Morgan fingerprint density at radius 1 is 1.14 bits per heavy atom. The van der Waals surface area contributed by atoms with Gasteiger partial charge in [0.25, 0.3) is 0 Å². The Kier molecular flexibility index (Phi) is 2.60. The molecule has 0 heterocycles. The van der Waals surface area contributed by atoms with E-state index < -0.39 is 34.5 Å². The van der Waals surface area contributed by atoms with Gasteiger partial charge in [0.05, 0.1) is 11.3 Å². The molecule has 0 bridgehead atoms. The Morgan fingerprint density at radius 3 is 2.14 bits per heavy atom. The van der Waals surface area contributed by atoms with Crippen LogP contribution >= 0.6 is 0 Å². The minimum Gasteiger partial charge on any atom is -0.396 e. The molecule has 0 aliphatic carbocycles. The Labute approximate surface area is 77.8 Å². The first-order chi connectivity index (χ1) is 6.43. The molecule has 0 aliphatic heterocycles. The Hall–Kier alpha value is -1.78. The summed E-state index contributed by atoms with van der Waals surface area (Å²) in [6.45, 7) is 3.07. The van der Waals surface area contributed by atoms with Gasteiger partial charge in [-0.2, -0.15) is 0 Å². The third kappa shape index (κ3) is 1.76. The molecule has 0 aromatic heterocycles. The SMILES string of the molecule is C=C(N)C(=O)c1cc(F)c(F)cc1F. The van der Waals surface area contributed by atoms with Crippen molar-refractivity contribution in [3.05, 3.63) is 47.4 Å². The molecule has 2 N–H and O–H groups in total. The summed E-state index contributed by atoms with van der Waals surface area (Å²) >= 11 is 0. The Bertz CT molecular complexity index is 415. The van der Waals surface area contributed by atoms with Crippen LogP contribution in [-0.2, 0) is 0 Å². The van der Waals surface area contributed by atoms with Gasteiger partial charge >= 0.3 is 0 Å². The van der Waals surface area contributed by atoms with E-state index in [0.717, 1.165) is 0 Å². The van der Waals surface area contributed by atoms with Gasteiger partial charge in [-0.3, -0.25) is 4.79 Å². The third-order valence-corrected chi connectivity index (χ3v) is 1.55. The number of Topliss-reactive ketones (excluding diaryl/α,β-unsaturated/α-hetero) is 1. The number of carbonyl (C=O) groups is 1. The highest BCUT2D eigenvalue weighted by molar-refractivity contribution is 6.07. The minimum atomic E-state index is -1.36. The Balaban J connectivity index is 3.29. The van der Waals surface area contributed by atoms with Gasteiger partial charge in [0.1, 0.15) is 5.82 Å². The smallest absolute Gasteiger partial charge is 0.211 e. The topological polar surface area (TPSA) is 43.1 Å². The summed E-state index contributed by atoms with van der Waals surface area (Å²) < 4.78 is 38.0. The number of hydrogen-bond donors (Lipinski definition) is 1. The van der Waals surface area contributed by atoms with Crippen LogP contribution in [-0.4, -0.2) is 5.78 Å². The molecular formula is C9H6F3NO. The summed E-state index contributed by atoms with van der Waals surface area (Å²) in [5.41, 5.74) is 3.93. The first-order valence-electron chi connectivity index (χ1n) is 3.57. The maximum atomic E-state index is 12.9. The number of allylic oxidation sites excluding steroid dienone is 1. The number of ketones is 1. The van der Waals surface area contributed by atoms with Gasteiger partial charge in [0.15, 0.2) is 11.6 Å². The number of nitrogens with two attached hydrogens (primary N) is 1. The largest absolute Gasteiger partial charge is 0.396 e. The van der Waals surface area contributed by atoms with Gasteiger partial charge in [-0.1, -0.05) is 6.58 Å². The number of benzene rings is 1. The summed E-state index contributed by atoms with van der Waals surface area (Å²) in [4.78, 5) is 11.1. The van der Waals surface area contributed by atoms with E-state index in [-0.39, 0.29) is 6.07 Å². The van der Waals surface area contributed by atoms with Crippen LogP contribution in [0.2, 0.25) is 0 Å². The van der Waals surface area contributed by atoms with Crippen molar-refractivity contribution < 1.29 is 18.0 Å². The van der Waals surface area contributed by atoms with Crippen LogP contribution < -0.4 is 5.73 Å². The monoisotopic (exact) mass is 201 g/mol. The van der Waals surface area contributed by atoms with Crippen molar-refractivity contribution in [2.24, 2.45) is 5.73 Å². The first-order valence-corrected chi connectivity index (χ1v) is 3.57. The van der Waals surface area contributed by atoms with Gasteiger partial charge in [-0.15, -0.1) is 0 Å². The fourth-order valence-electron chi connectivity index (χ4n) is 0.870. The van der Waals surface area contributed by atoms with Crippen LogP contribution in [0.1, 0.15) is 10.4 Å². The molecule has 0 saturated carbocycles. The minimum absolute atomic E-state index is 0.283. The molecule has 74 valence electrons. The van der Waals surface area contributed by atoms with E-state index >= 15 is 0 Å². The molecule has 2 nitrogen and oxygen atoms in total. The van der Waals surface area contributed by atoms with Crippen molar-refractivity contribution in [2.45, 2.75) is 0 Å². The van der Waals surface area contributed by atoms with Crippen molar-refractivity contribution >= 4 is 5.78 Å². The van der Waals surface area contributed by atoms with Crippen molar-refractivity contribution in [3.8, 4) is 0 Å². The van der Waals surface area contributed by atoms with Crippen LogP contribution in [0.5, 0.6) is 0 Å². The van der Waals surface area contributed by atoms with Crippen LogP contribution in [0.25, 0.3) is 0 Å². The number of halogens is 3. The van der Waals surface area contributed by atoms with E-state index in [1.165, 1.54) is 0 Å². The van der Waals surface area contributed by atoms with Gasteiger partial charge in [-0.05, 0) is 6.07 Å². The fraction of sp³-hybridized carbons (Fsp3) is 0. The number of rotatable bonds is 2.